The van der Waals surface area contributed by atoms with Crippen molar-refractivity contribution in [3.8, 4) is 0 Å². The van der Waals surface area contributed by atoms with Crippen LogP contribution < -0.4 is 16.8 Å². The van der Waals surface area contributed by atoms with E-state index in [9.17, 15) is 9.59 Å². The normalized spacial score (nSPS) is 9.93. The first-order valence-electron chi connectivity index (χ1n) is 4.30. The molecular weight excluding hydrogens is 200 g/mol. The summed E-state index contributed by atoms with van der Waals surface area (Å²) >= 11 is 0. The van der Waals surface area contributed by atoms with Crippen molar-refractivity contribution in [2.24, 2.45) is 11.5 Å². The van der Waals surface area contributed by atoms with Gasteiger partial charge in [-0.05, 0) is 0 Å². The number of nitrogens with one attached hydrogen (secondary N) is 1. The Hall–Kier alpha value is -1.96. The van der Waals surface area contributed by atoms with Gasteiger partial charge in [0.2, 0.25) is 5.91 Å². The molecule has 1 heterocycles. The SMILES string of the molecule is NCCn1cc(C(=O)NCC(N)=O)nn1. The predicted octanol–water partition coefficient (Wildman–Crippen LogP) is -2.55. The number of amides is 2. The summed E-state index contributed by atoms with van der Waals surface area (Å²) in [4.78, 5) is 21.7. The Morgan fingerprint density at radius 3 is 2.87 bits per heavy atom. The molecule has 0 radical (unpaired) electrons. The summed E-state index contributed by atoms with van der Waals surface area (Å²) in [5, 5.41) is 9.56. The van der Waals surface area contributed by atoms with Crippen LogP contribution in [0.2, 0.25) is 0 Å². The molecule has 2 amide bonds. The van der Waals surface area contributed by atoms with Gasteiger partial charge in [0.25, 0.3) is 5.91 Å². The van der Waals surface area contributed by atoms with Gasteiger partial charge in [0.1, 0.15) is 0 Å². The van der Waals surface area contributed by atoms with Crippen LogP contribution >= 0.6 is 0 Å². The minimum atomic E-state index is -0.613. The third-order valence-electron chi connectivity index (χ3n) is 1.55. The summed E-state index contributed by atoms with van der Waals surface area (Å²) in [6.45, 7) is 0.671. The van der Waals surface area contributed by atoms with Gasteiger partial charge in [-0.1, -0.05) is 5.21 Å². The van der Waals surface area contributed by atoms with Crippen molar-refractivity contribution in [1.29, 1.82) is 0 Å². The number of carbonyl (C=O) groups is 2. The van der Waals surface area contributed by atoms with E-state index in [1.54, 1.807) is 0 Å². The molecule has 0 spiro atoms. The van der Waals surface area contributed by atoms with Gasteiger partial charge in [-0.15, -0.1) is 5.10 Å². The second-order valence-corrected chi connectivity index (χ2v) is 2.80. The zero-order chi connectivity index (χ0) is 11.3. The molecule has 1 rings (SSSR count). The maximum absolute atomic E-state index is 11.3. The van der Waals surface area contributed by atoms with Crippen molar-refractivity contribution in [3.63, 3.8) is 0 Å². The monoisotopic (exact) mass is 212 g/mol. The number of rotatable bonds is 5. The van der Waals surface area contributed by atoms with Crippen LogP contribution in [0.1, 0.15) is 10.5 Å². The third-order valence-corrected chi connectivity index (χ3v) is 1.55. The molecule has 8 heteroatoms. The van der Waals surface area contributed by atoms with Gasteiger partial charge in [0, 0.05) is 6.54 Å². The Balaban J connectivity index is 2.54. The van der Waals surface area contributed by atoms with Crippen LogP contribution in [0.25, 0.3) is 0 Å². The second-order valence-electron chi connectivity index (χ2n) is 2.80. The fourth-order valence-electron chi connectivity index (χ4n) is 0.902. The molecule has 0 fully saturated rings. The number of primary amides is 1. The summed E-state index contributed by atoms with van der Waals surface area (Å²) in [5.74, 6) is -1.10. The quantitative estimate of drug-likeness (QED) is 0.495. The van der Waals surface area contributed by atoms with E-state index >= 15 is 0 Å². The molecule has 5 N–H and O–H groups in total. The molecule has 1 aromatic heterocycles. The lowest BCUT2D eigenvalue weighted by atomic mass is 10.4. The van der Waals surface area contributed by atoms with Gasteiger partial charge >= 0.3 is 0 Å². The van der Waals surface area contributed by atoms with Gasteiger partial charge in [0.15, 0.2) is 5.69 Å². The number of nitrogens with two attached hydrogens (primary N) is 2. The fourth-order valence-corrected chi connectivity index (χ4v) is 0.902. The van der Waals surface area contributed by atoms with Crippen LogP contribution in [-0.4, -0.2) is 39.9 Å². The summed E-state index contributed by atoms with van der Waals surface area (Å²) in [6.07, 6.45) is 1.45. The van der Waals surface area contributed by atoms with Gasteiger partial charge < -0.3 is 16.8 Å². The first-order valence-corrected chi connectivity index (χ1v) is 4.30. The second kappa shape index (κ2) is 5.05. The molecule has 1 aromatic rings. The Morgan fingerprint density at radius 2 is 2.27 bits per heavy atom. The maximum atomic E-state index is 11.3. The van der Waals surface area contributed by atoms with E-state index in [0.29, 0.717) is 13.1 Å². The lowest BCUT2D eigenvalue weighted by Gasteiger charge is -1.97. The first-order chi connectivity index (χ1) is 7.13. The average Bonchev–Trinajstić information content (AvgIpc) is 2.63. The Morgan fingerprint density at radius 1 is 1.53 bits per heavy atom. The Labute approximate surface area is 85.6 Å². The Bertz CT molecular complexity index is 360. The summed E-state index contributed by atoms with van der Waals surface area (Å²) in [6, 6.07) is 0. The molecule has 0 saturated carbocycles. The Kier molecular flexibility index (Phi) is 3.75. The fraction of sp³-hybridized carbons (Fsp3) is 0.429. The van der Waals surface area contributed by atoms with Gasteiger partial charge in [-0.3, -0.25) is 14.3 Å². The molecule has 15 heavy (non-hydrogen) atoms. The van der Waals surface area contributed by atoms with E-state index in [1.165, 1.54) is 10.9 Å². The topological polar surface area (TPSA) is 129 Å². The lowest BCUT2D eigenvalue weighted by Crippen LogP contribution is -2.33. The summed E-state index contributed by atoms with van der Waals surface area (Å²) in [5.41, 5.74) is 10.3. The van der Waals surface area contributed by atoms with Crippen LogP contribution in [0.15, 0.2) is 6.20 Å². The standard InChI is InChI=1S/C7H12N6O2/c8-1-2-13-4-5(11-12-13)7(15)10-3-6(9)14/h4H,1-3,8H2,(H2,9,14)(H,10,15). The molecule has 0 atom stereocenters. The molecule has 82 valence electrons. The lowest BCUT2D eigenvalue weighted by molar-refractivity contribution is -0.117. The highest BCUT2D eigenvalue weighted by atomic mass is 16.2. The van der Waals surface area contributed by atoms with Crippen LogP contribution in [0.5, 0.6) is 0 Å². The number of hydrogen-bond acceptors (Lipinski definition) is 5. The third kappa shape index (κ3) is 3.35. The molecule has 0 saturated heterocycles. The van der Waals surface area contributed by atoms with E-state index in [2.05, 4.69) is 15.6 Å². The largest absolute Gasteiger partial charge is 0.368 e. The smallest absolute Gasteiger partial charge is 0.273 e. The molecule has 8 nitrogen and oxygen atoms in total. The highest BCUT2D eigenvalue weighted by molar-refractivity contribution is 5.94. The molecule has 0 aliphatic rings. The van der Waals surface area contributed by atoms with E-state index in [4.69, 9.17) is 11.5 Å². The number of aromatic nitrogens is 3. The summed E-state index contributed by atoms with van der Waals surface area (Å²) in [7, 11) is 0. The van der Waals surface area contributed by atoms with Crippen LogP contribution in [-0.2, 0) is 11.3 Å². The molecule has 0 aliphatic heterocycles. The van der Waals surface area contributed by atoms with Crippen molar-refractivity contribution in [2.75, 3.05) is 13.1 Å². The van der Waals surface area contributed by atoms with E-state index < -0.39 is 11.8 Å². The van der Waals surface area contributed by atoms with Crippen molar-refractivity contribution >= 4 is 11.8 Å². The van der Waals surface area contributed by atoms with Crippen LogP contribution in [0.4, 0.5) is 0 Å². The van der Waals surface area contributed by atoms with Gasteiger partial charge in [0.05, 0.1) is 19.3 Å². The summed E-state index contributed by atoms with van der Waals surface area (Å²) < 4.78 is 1.44. The minimum Gasteiger partial charge on any atom is -0.368 e. The molecule has 0 unspecified atom stereocenters. The zero-order valence-electron chi connectivity index (χ0n) is 8.01. The van der Waals surface area contributed by atoms with Crippen molar-refractivity contribution in [2.45, 2.75) is 6.54 Å². The first kappa shape index (κ1) is 11.1. The van der Waals surface area contributed by atoms with E-state index in [1.807, 2.05) is 0 Å². The van der Waals surface area contributed by atoms with Crippen molar-refractivity contribution < 1.29 is 9.59 Å². The van der Waals surface area contributed by atoms with Crippen molar-refractivity contribution in [1.82, 2.24) is 20.3 Å². The zero-order valence-corrected chi connectivity index (χ0v) is 8.01. The van der Waals surface area contributed by atoms with Crippen molar-refractivity contribution in [3.05, 3.63) is 11.9 Å². The van der Waals surface area contributed by atoms with Crippen LogP contribution in [0.3, 0.4) is 0 Å². The number of carbonyl (C=O) groups excluding carboxylic acids is 2. The van der Waals surface area contributed by atoms with Gasteiger partial charge in [-0.25, -0.2) is 0 Å². The molecular formula is C7H12N6O2. The van der Waals surface area contributed by atoms with Gasteiger partial charge in [-0.2, -0.15) is 0 Å². The van der Waals surface area contributed by atoms with Crippen LogP contribution in [0, 0.1) is 0 Å². The predicted molar refractivity (Wildman–Crippen MR) is 50.6 cm³/mol. The molecule has 0 bridgehead atoms. The minimum absolute atomic E-state index is 0.129. The highest BCUT2D eigenvalue weighted by Crippen LogP contribution is 1.91. The van der Waals surface area contributed by atoms with E-state index in [0.717, 1.165) is 0 Å². The number of nitrogens with zero attached hydrogens (tertiary/aromatic N) is 3. The van der Waals surface area contributed by atoms with E-state index in [-0.39, 0.29) is 12.2 Å². The highest BCUT2D eigenvalue weighted by Gasteiger charge is 2.10. The molecule has 0 aliphatic carbocycles. The maximum Gasteiger partial charge on any atom is 0.273 e. The number of hydrogen-bond donors (Lipinski definition) is 3. The molecule has 0 aromatic carbocycles. The average molecular weight is 212 g/mol.